The number of fused-ring (bicyclic) bond motifs is 1. The lowest BCUT2D eigenvalue weighted by atomic mass is 9.77. The van der Waals surface area contributed by atoms with Gasteiger partial charge in [-0.15, -0.1) is 0 Å². The summed E-state index contributed by atoms with van der Waals surface area (Å²) in [5.41, 5.74) is 3.36. The number of ether oxygens (including phenoxy) is 1. The van der Waals surface area contributed by atoms with Crippen LogP contribution in [0, 0.1) is 16.7 Å². The Balaban J connectivity index is 1.53. The lowest BCUT2D eigenvalue weighted by molar-refractivity contribution is -0.168. The molecular formula is C27H32N6O2. The Bertz CT molecular complexity index is 1330. The van der Waals surface area contributed by atoms with E-state index in [0.717, 1.165) is 35.6 Å². The molecule has 1 aliphatic heterocycles. The topological polar surface area (TPSA) is 96.4 Å². The minimum Gasteiger partial charge on any atom is -0.460 e. The Labute approximate surface area is 205 Å². The standard InChI is InChI=1S/C27H32N6O2/c1-17-14-27(5,25(34)35-26(2,3)4)9-11-32(17)24-23-20(19-6-7-19)13-22(33(23)31-16-30-24)21-12-18(15-28)8-10-29-21/h8,10,12-13,16-17,19H,6-7,9,11,14H2,1-5H3/t17-,27-/m0/s1. The van der Waals surface area contributed by atoms with E-state index >= 15 is 0 Å². The van der Waals surface area contributed by atoms with Crippen molar-refractivity contribution in [1.29, 1.82) is 5.26 Å². The number of nitriles is 1. The fourth-order valence-electron chi connectivity index (χ4n) is 5.15. The average molecular weight is 473 g/mol. The van der Waals surface area contributed by atoms with Crippen molar-refractivity contribution in [3.63, 3.8) is 0 Å². The Morgan fingerprint density at radius 1 is 1.26 bits per heavy atom. The van der Waals surface area contributed by atoms with Gasteiger partial charge in [0, 0.05) is 18.8 Å². The van der Waals surface area contributed by atoms with Gasteiger partial charge < -0.3 is 9.64 Å². The van der Waals surface area contributed by atoms with Crippen molar-refractivity contribution < 1.29 is 9.53 Å². The fraction of sp³-hybridized carbons (Fsp3) is 0.519. The van der Waals surface area contributed by atoms with E-state index < -0.39 is 11.0 Å². The summed E-state index contributed by atoms with van der Waals surface area (Å²) in [5.74, 6) is 1.24. The number of hydrogen-bond donors (Lipinski definition) is 0. The highest BCUT2D eigenvalue weighted by Gasteiger charge is 2.44. The zero-order valence-electron chi connectivity index (χ0n) is 21.1. The molecule has 0 spiro atoms. The summed E-state index contributed by atoms with van der Waals surface area (Å²) < 4.78 is 7.68. The van der Waals surface area contributed by atoms with Crippen LogP contribution in [0.15, 0.2) is 30.7 Å². The van der Waals surface area contributed by atoms with Crippen LogP contribution >= 0.6 is 0 Å². The summed E-state index contributed by atoms with van der Waals surface area (Å²) in [6.45, 7) is 10.6. The minimum absolute atomic E-state index is 0.102. The molecule has 5 rings (SSSR count). The van der Waals surface area contributed by atoms with Crippen molar-refractivity contribution in [1.82, 2.24) is 19.6 Å². The summed E-state index contributed by atoms with van der Waals surface area (Å²) in [5, 5.41) is 14.0. The van der Waals surface area contributed by atoms with Crippen molar-refractivity contribution in [2.24, 2.45) is 5.41 Å². The van der Waals surface area contributed by atoms with Crippen molar-refractivity contribution >= 4 is 17.3 Å². The van der Waals surface area contributed by atoms with Crippen LogP contribution in [0.2, 0.25) is 0 Å². The van der Waals surface area contributed by atoms with Gasteiger partial charge in [-0.05, 0) is 90.0 Å². The van der Waals surface area contributed by atoms with E-state index in [1.54, 1.807) is 24.7 Å². The van der Waals surface area contributed by atoms with E-state index in [-0.39, 0.29) is 12.0 Å². The third-order valence-corrected chi connectivity index (χ3v) is 7.08. The number of aromatic nitrogens is 4. The smallest absolute Gasteiger partial charge is 0.312 e. The molecule has 8 nitrogen and oxygen atoms in total. The van der Waals surface area contributed by atoms with E-state index in [9.17, 15) is 10.1 Å². The maximum Gasteiger partial charge on any atom is 0.312 e. The molecule has 0 amide bonds. The summed E-state index contributed by atoms with van der Waals surface area (Å²) in [6, 6.07) is 7.97. The van der Waals surface area contributed by atoms with Crippen LogP contribution in [-0.4, -0.2) is 43.7 Å². The van der Waals surface area contributed by atoms with Gasteiger partial charge in [0.2, 0.25) is 0 Å². The molecule has 0 radical (unpaired) electrons. The van der Waals surface area contributed by atoms with E-state index in [4.69, 9.17) is 9.72 Å². The SMILES string of the molecule is C[C@H]1C[C@@](C)(C(=O)OC(C)(C)C)CCN1c1ncnn2c(-c3cc(C#N)ccn3)cc(C3CC3)c12. The summed E-state index contributed by atoms with van der Waals surface area (Å²) in [6.07, 6.45) is 6.93. The van der Waals surface area contributed by atoms with Crippen LogP contribution in [0.1, 0.15) is 77.3 Å². The number of pyridine rings is 1. The second kappa shape index (κ2) is 8.33. The zero-order chi connectivity index (χ0) is 25.0. The molecule has 1 saturated heterocycles. The van der Waals surface area contributed by atoms with Crippen LogP contribution in [-0.2, 0) is 9.53 Å². The van der Waals surface area contributed by atoms with Gasteiger partial charge in [0.05, 0.1) is 28.4 Å². The molecule has 0 bridgehead atoms. The van der Waals surface area contributed by atoms with Gasteiger partial charge in [-0.2, -0.15) is 10.4 Å². The predicted octanol–water partition coefficient (Wildman–Crippen LogP) is 4.88. The first-order chi connectivity index (χ1) is 16.6. The number of piperidine rings is 1. The fourth-order valence-corrected chi connectivity index (χ4v) is 5.15. The molecule has 1 saturated carbocycles. The summed E-state index contributed by atoms with van der Waals surface area (Å²) in [4.78, 5) is 24.6. The number of esters is 1. The average Bonchev–Trinajstić information content (AvgIpc) is 3.58. The van der Waals surface area contributed by atoms with Gasteiger partial charge in [0.1, 0.15) is 17.4 Å². The molecule has 182 valence electrons. The molecular weight excluding hydrogens is 440 g/mol. The van der Waals surface area contributed by atoms with Gasteiger partial charge in [-0.3, -0.25) is 9.78 Å². The Kier molecular flexibility index (Phi) is 5.54. The molecule has 0 unspecified atom stereocenters. The third-order valence-electron chi connectivity index (χ3n) is 7.08. The van der Waals surface area contributed by atoms with Crippen LogP contribution in [0.3, 0.4) is 0 Å². The quantitative estimate of drug-likeness (QED) is 0.499. The van der Waals surface area contributed by atoms with Crippen LogP contribution in [0.4, 0.5) is 5.82 Å². The highest BCUT2D eigenvalue weighted by Crippen LogP contribution is 2.47. The molecule has 4 heterocycles. The summed E-state index contributed by atoms with van der Waals surface area (Å²) in [7, 11) is 0. The first kappa shape index (κ1) is 23.3. The van der Waals surface area contributed by atoms with Gasteiger partial charge in [0.25, 0.3) is 0 Å². The summed E-state index contributed by atoms with van der Waals surface area (Å²) >= 11 is 0. The van der Waals surface area contributed by atoms with Gasteiger partial charge in [-0.1, -0.05) is 0 Å². The number of hydrogen-bond acceptors (Lipinski definition) is 7. The third kappa shape index (κ3) is 4.36. The monoisotopic (exact) mass is 472 g/mol. The molecule has 2 fully saturated rings. The predicted molar refractivity (Wildman–Crippen MR) is 133 cm³/mol. The molecule has 2 atom stereocenters. The number of carbonyl (C=O) groups excluding carboxylic acids is 1. The van der Waals surface area contributed by atoms with Gasteiger partial charge in [0.15, 0.2) is 5.82 Å². The maximum atomic E-state index is 13.0. The second-order valence-corrected chi connectivity index (χ2v) is 11.2. The molecule has 1 aliphatic carbocycles. The molecule has 8 heteroatoms. The molecule has 35 heavy (non-hydrogen) atoms. The normalized spacial score (nSPS) is 22.7. The number of rotatable bonds is 4. The van der Waals surface area contributed by atoms with Gasteiger partial charge in [-0.25, -0.2) is 9.50 Å². The minimum atomic E-state index is -0.527. The molecule has 0 aromatic carbocycles. The largest absolute Gasteiger partial charge is 0.460 e. The van der Waals surface area contributed by atoms with E-state index in [0.29, 0.717) is 30.9 Å². The van der Waals surface area contributed by atoms with Crippen molar-refractivity contribution in [2.75, 3.05) is 11.4 Å². The van der Waals surface area contributed by atoms with E-state index in [2.05, 4.69) is 34.0 Å². The number of nitrogens with zero attached hydrogens (tertiary/aromatic N) is 6. The highest BCUT2D eigenvalue weighted by molar-refractivity contribution is 5.81. The lowest BCUT2D eigenvalue weighted by Gasteiger charge is -2.43. The van der Waals surface area contributed by atoms with Crippen molar-refractivity contribution in [3.05, 3.63) is 41.9 Å². The maximum absolute atomic E-state index is 13.0. The molecule has 0 N–H and O–H groups in total. The Morgan fingerprint density at radius 3 is 2.69 bits per heavy atom. The molecule has 3 aromatic rings. The number of anilines is 1. The molecule has 2 aliphatic rings. The van der Waals surface area contributed by atoms with Crippen LogP contribution in [0.25, 0.3) is 16.9 Å². The first-order valence-corrected chi connectivity index (χ1v) is 12.3. The van der Waals surface area contributed by atoms with Crippen molar-refractivity contribution in [3.8, 4) is 17.5 Å². The lowest BCUT2D eigenvalue weighted by Crippen LogP contribution is -2.49. The first-order valence-electron chi connectivity index (χ1n) is 12.3. The van der Waals surface area contributed by atoms with E-state index in [1.165, 1.54) is 5.56 Å². The second-order valence-electron chi connectivity index (χ2n) is 11.2. The van der Waals surface area contributed by atoms with E-state index in [1.807, 2.05) is 32.2 Å². The van der Waals surface area contributed by atoms with Crippen LogP contribution in [0.5, 0.6) is 0 Å². The number of carbonyl (C=O) groups is 1. The Hall–Kier alpha value is -3.47. The van der Waals surface area contributed by atoms with Crippen LogP contribution < -0.4 is 4.90 Å². The van der Waals surface area contributed by atoms with Gasteiger partial charge >= 0.3 is 5.97 Å². The highest BCUT2D eigenvalue weighted by atomic mass is 16.6. The molecule has 3 aromatic heterocycles. The zero-order valence-corrected chi connectivity index (χ0v) is 21.1. The Morgan fingerprint density at radius 2 is 2.03 bits per heavy atom. The van der Waals surface area contributed by atoms with Crippen molar-refractivity contribution in [2.45, 2.75) is 77.9 Å².